The second-order valence-electron chi connectivity index (χ2n) is 6.62. The van der Waals surface area contributed by atoms with Gasteiger partial charge >= 0.3 is 5.97 Å². The predicted molar refractivity (Wildman–Crippen MR) is 110 cm³/mol. The van der Waals surface area contributed by atoms with Gasteiger partial charge in [-0.05, 0) is 41.8 Å². The highest BCUT2D eigenvalue weighted by Gasteiger charge is 2.21. The number of rotatable bonds is 4. The maximum absolute atomic E-state index is 12.9. The summed E-state index contributed by atoms with van der Waals surface area (Å²) in [5, 5.41) is 11.6. The molecular weight excluding hydrogens is 370 g/mol. The summed E-state index contributed by atoms with van der Waals surface area (Å²) in [7, 11) is 0. The molecule has 2 N–H and O–H groups in total. The number of benzene rings is 2. The molecule has 0 atom stereocenters. The smallest absolute Gasteiger partial charge is 0.328 e. The maximum Gasteiger partial charge on any atom is 0.328 e. The number of aliphatic carboxylic acids is 1. The van der Waals surface area contributed by atoms with Gasteiger partial charge in [-0.3, -0.25) is 14.2 Å². The molecule has 144 valence electrons. The van der Waals surface area contributed by atoms with E-state index in [4.69, 9.17) is 5.11 Å². The van der Waals surface area contributed by atoms with Crippen molar-refractivity contribution in [3.8, 4) is 0 Å². The van der Waals surface area contributed by atoms with Gasteiger partial charge in [0.05, 0.1) is 10.9 Å². The van der Waals surface area contributed by atoms with E-state index in [1.54, 1.807) is 22.8 Å². The van der Waals surface area contributed by atoms with E-state index >= 15 is 0 Å². The number of nitrogens with zero attached hydrogens (tertiary/aromatic N) is 2. The number of allylic oxidation sites excluding steroid dienone is 1. The van der Waals surface area contributed by atoms with Crippen LogP contribution in [0.2, 0.25) is 0 Å². The summed E-state index contributed by atoms with van der Waals surface area (Å²) in [5.74, 6) is -1.16. The lowest BCUT2D eigenvalue weighted by Crippen LogP contribution is -2.21. The van der Waals surface area contributed by atoms with Gasteiger partial charge in [-0.25, -0.2) is 9.78 Å². The largest absolute Gasteiger partial charge is 0.478 e. The highest BCUT2D eigenvalue weighted by molar-refractivity contribution is 6.03. The number of nitrogens with one attached hydrogen (secondary N) is 1. The third kappa shape index (κ3) is 3.84. The van der Waals surface area contributed by atoms with Crippen molar-refractivity contribution in [2.45, 2.75) is 13.0 Å². The molecule has 2 heterocycles. The van der Waals surface area contributed by atoms with E-state index in [-0.39, 0.29) is 5.56 Å². The molecule has 7 heteroatoms. The van der Waals surface area contributed by atoms with Crippen LogP contribution in [0.15, 0.2) is 65.5 Å². The summed E-state index contributed by atoms with van der Waals surface area (Å²) in [6, 6.07) is 14.7. The number of fused-ring (bicyclic) bond motifs is 2. The van der Waals surface area contributed by atoms with Crippen LogP contribution in [0.3, 0.4) is 0 Å². The number of aromatic nitrogens is 2. The van der Waals surface area contributed by atoms with E-state index in [9.17, 15) is 14.4 Å². The maximum atomic E-state index is 12.9. The Balaban J connectivity index is 1.72. The van der Waals surface area contributed by atoms with Gasteiger partial charge in [-0.2, -0.15) is 0 Å². The van der Waals surface area contributed by atoms with Crippen LogP contribution in [-0.2, 0) is 16.1 Å². The standard InChI is InChI=1S/C22H17N3O4/c26-19(8-9-20(27)28)23-16-6-7-17-18(13-16)24-21-15(10-11-25(21)22(17)29)12-14-4-2-1-3-5-14/h1-9,12-13H,10-11H2,(H,23,26)(H,27,28)/b9-8-,15-12?. The van der Waals surface area contributed by atoms with Gasteiger partial charge in [-0.15, -0.1) is 0 Å². The highest BCUT2D eigenvalue weighted by Crippen LogP contribution is 2.28. The van der Waals surface area contributed by atoms with Gasteiger partial charge in [0.2, 0.25) is 5.91 Å². The fraction of sp³-hybridized carbons (Fsp3) is 0.0909. The number of hydrogen-bond donors (Lipinski definition) is 2. The molecule has 7 nitrogen and oxygen atoms in total. The number of carbonyl (C=O) groups excluding carboxylic acids is 1. The monoisotopic (exact) mass is 387 g/mol. The van der Waals surface area contributed by atoms with Crippen molar-refractivity contribution in [2.75, 3.05) is 5.32 Å². The zero-order valence-corrected chi connectivity index (χ0v) is 15.3. The van der Waals surface area contributed by atoms with Crippen molar-refractivity contribution < 1.29 is 14.7 Å². The van der Waals surface area contributed by atoms with Crippen LogP contribution in [0.1, 0.15) is 17.8 Å². The molecule has 0 fully saturated rings. The van der Waals surface area contributed by atoms with Crippen LogP contribution in [0, 0.1) is 0 Å². The first-order valence-electron chi connectivity index (χ1n) is 9.04. The third-order valence-electron chi connectivity index (χ3n) is 4.63. The number of amides is 1. The molecule has 3 aromatic rings. The first-order valence-corrected chi connectivity index (χ1v) is 9.04. The average Bonchev–Trinajstić information content (AvgIpc) is 3.10. The van der Waals surface area contributed by atoms with E-state index in [1.165, 1.54) is 0 Å². The van der Waals surface area contributed by atoms with Crippen molar-refractivity contribution in [3.05, 3.63) is 82.4 Å². The van der Waals surface area contributed by atoms with Crippen molar-refractivity contribution >= 4 is 40.1 Å². The Hall–Kier alpha value is -4.00. The number of carboxylic acids is 1. The van der Waals surface area contributed by atoms with E-state index in [2.05, 4.69) is 10.3 Å². The van der Waals surface area contributed by atoms with Gasteiger partial charge in [0, 0.05) is 24.4 Å². The summed E-state index contributed by atoms with van der Waals surface area (Å²) in [6.45, 7) is 0.578. The van der Waals surface area contributed by atoms with Crippen LogP contribution in [0.5, 0.6) is 0 Å². The lowest BCUT2D eigenvalue weighted by Gasteiger charge is -2.08. The first kappa shape index (κ1) is 18.4. The quantitative estimate of drug-likeness (QED) is 0.671. The molecule has 0 radical (unpaired) electrons. The lowest BCUT2D eigenvalue weighted by atomic mass is 10.1. The van der Waals surface area contributed by atoms with Crippen molar-refractivity contribution in [2.24, 2.45) is 0 Å². The zero-order valence-electron chi connectivity index (χ0n) is 15.3. The molecule has 0 aliphatic carbocycles. The number of carbonyl (C=O) groups is 2. The van der Waals surface area contributed by atoms with Crippen LogP contribution >= 0.6 is 0 Å². The van der Waals surface area contributed by atoms with Gasteiger partial charge in [-0.1, -0.05) is 30.3 Å². The Morgan fingerprint density at radius 2 is 1.90 bits per heavy atom. The number of hydrogen-bond acceptors (Lipinski definition) is 4. The molecule has 4 rings (SSSR count). The van der Waals surface area contributed by atoms with Gasteiger partial charge in [0.1, 0.15) is 5.82 Å². The number of carboxylic acid groups (broad SMARTS) is 1. The van der Waals surface area contributed by atoms with Gasteiger partial charge < -0.3 is 10.4 Å². The first-order chi connectivity index (χ1) is 14.0. The molecular formula is C22H17N3O4. The van der Waals surface area contributed by atoms with Crippen LogP contribution < -0.4 is 10.9 Å². The Bertz CT molecular complexity index is 1240. The van der Waals surface area contributed by atoms with Crippen LogP contribution in [0.25, 0.3) is 22.6 Å². The fourth-order valence-electron chi connectivity index (χ4n) is 3.31. The van der Waals surface area contributed by atoms with E-state index < -0.39 is 11.9 Å². The summed E-state index contributed by atoms with van der Waals surface area (Å²) >= 11 is 0. The Labute approximate surface area is 165 Å². The molecule has 1 aliphatic heterocycles. The minimum Gasteiger partial charge on any atom is -0.478 e. The minimum atomic E-state index is -1.21. The molecule has 29 heavy (non-hydrogen) atoms. The van der Waals surface area contributed by atoms with Crippen LogP contribution in [-0.4, -0.2) is 26.5 Å². The molecule has 0 spiro atoms. The molecule has 0 bridgehead atoms. The molecule has 1 aliphatic rings. The predicted octanol–water partition coefficient (Wildman–Crippen LogP) is 2.92. The van der Waals surface area contributed by atoms with E-state index in [0.717, 1.165) is 29.7 Å². The summed E-state index contributed by atoms with van der Waals surface area (Å²) in [6.07, 6.45) is 4.43. The van der Waals surface area contributed by atoms with Crippen molar-refractivity contribution in [1.82, 2.24) is 9.55 Å². The van der Waals surface area contributed by atoms with Crippen LogP contribution in [0.4, 0.5) is 5.69 Å². The second kappa shape index (κ2) is 7.55. The normalized spacial score (nSPS) is 14.4. The van der Waals surface area contributed by atoms with Gasteiger partial charge in [0.15, 0.2) is 0 Å². The molecule has 0 saturated carbocycles. The Morgan fingerprint density at radius 3 is 2.66 bits per heavy atom. The Morgan fingerprint density at radius 1 is 1.10 bits per heavy atom. The summed E-state index contributed by atoms with van der Waals surface area (Å²) in [5.41, 5.74) is 2.80. The molecule has 1 aromatic heterocycles. The van der Waals surface area contributed by atoms with E-state index in [0.29, 0.717) is 29.0 Å². The minimum absolute atomic E-state index is 0.120. The SMILES string of the molecule is O=C(O)/C=C\C(=O)Nc1ccc2c(=O)n3c(nc2c1)C(=Cc1ccccc1)CC3. The summed E-state index contributed by atoms with van der Waals surface area (Å²) < 4.78 is 1.67. The van der Waals surface area contributed by atoms with Crippen molar-refractivity contribution in [1.29, 1.82) is 0 Å². The Kier molecular flexibility index (Phi) is 4.78. The molecule has 0 unspecified atom stereocenters. The molecule has 2 aromatic carbocycles. The van der Waals surface area contributed by atoms with Crippen molar-refractivity contribution in [3.63, 3.8) is 0 Å². The topological polar surface area (TPSA) is 101 Å². The van der Waals surface area contributed by atoms with Gasteiger partial charge in [0.25, 0.3) is 5.56 Å². The average molecular weight is 387 g/mol. The van der Waals surface area contributed by atoms with E-state index in [1.807, 2.05) is 36.4 Å². The fourth-order valence-corrected chi connectivity index (χ4v) is 3.31. The third-order valence-corrected chi connectivity index (χ3v) is 4.63. The second-order valence-corrected chi connectivity index (χ2v) is 6.62. The molecule has 1 amide bonds. The lowest BCUT2D eigenvalue weighted by molar-refractivity contribution is -0.131. The molecule has 0 saturated heterocycles. The highest BCUT2D eigenvalue weighted by atomic mass is 16.4. The zero-order chi connectivity index (χ0) is 20.4. The number of anilines is 1. The summed E-state index contributed by atoms with van der Waals surface area (Å²) in [4.78, 5) is 39.9.